The van der Waals surface area contributed by atoms with Gasteiger partial charge in [-0.05, 0) is 24.8 Å². The van der Waals surface area contributed by atoms with E-state index in [1.807, 2.05) is 12.1 Å². The van der Waals surface area contributed by atoms with Crippen molar-refractivity contribution in [3.05, 3.63) is 18.3 Å². The van der Waals surface area contributed by atoms with Crippen LogP contribution in [0.1, 0.15) is 26.2 Å². The summed E-state index contributed by atoms with van der Waals surface area (Å²) in [4.78, 5) is 6.71. The number of aromatic nitrogens is 1. The fourth-order valence-electron chi connectivity index (χ4n) is 2.29. The molecule has 1 saturated heterocycles. The van der Waals surface area contributed by atoms with Gasteiger partial charge in [0, 0.05) is 31.0 Å². The van der Waals surface area contributed by atoms with Gasteiger partial charge in [-0.25, -0.2) is 4.98 Å². The molecule has 0 aromatic carbocycles. The van der Waals surface area contributed by atoms with Crippen LogP contribution in [-0.4, -0.2) is 18.1 Å². The van der Waals surface area contributed by atoms with E-state index in [0.29, 0.717) is 0 Å². The number of nitrogen functional groups attached to an aromatic ring is 1. The molecule has 0 amide bonds. The maximum atomic E-state index is 5.75. The van der Waals surface area contributed by atoms with Crippen LogP contribution >= 0.6 is 0 Å². The Bertz CT molecular complexity index is 324. The standard InChI is InChI=1S/C12H19N3/c1-2-3-10-5-7-15(9-10)12-8-11(13)4-6-14-12/h4,6,8,10H,2-3,5,7,9H2,1H3,(H2,13,14). The van der Waals surface area contributed by atoms with Gasteiger partial charge in [0.15, 0.2) is 0 Å². The lowest BCUT2D eigenvalue weighted by molar-refractivity contribution is 0.529. The molecular weight excluding hydrogens is 186 g/mol. The Hall–Kier alpha value is -1.25. The molecule has 82 valence electrons. The molecule has 3 heteroatoms. The van der Waals surface area contributed by atoms with E-state index in [2.05, 4.69) is 16.8 Å². The summed E-state index contributed by atoms with van der Waals surface area (Å²) in [7, 11) is 0. The zero-order chi connectivity index (χ0) is 10.7. The summed E-state index contributed by atoms with van der Waals surface area (Å²) in [6.45, 7) is 4.52. The molecule has 1 aliphatic heterocycles. The van der Waals surface area contributed by atoms with Crippen molar-refractivity contribution in [1.29, 1.82) is 0 Å². The van der Waals surface area contributed by atoms with Crippen LogP contribution in [0.3, 0.4) is 0 Å². The van der Waals surface area contributed by atoms with Crippen molar-refractivity contribution in [2.75, 3.05) is 23.7 Å². The van der Waals surface area contributed by atoms with E-state index in [1.165, 1.54) is 19.3 Å². The second kappa shape index (κ2) is 4.51. The minimum Gasteiger partial charge on any atom is -0.399 e. The molecule has 3 nitrogen and oxygen atoms in total. The first kappa shape index (κ1) is 10.3. The van der Waals surface area contributed by atoms with Crippen LogP contribution in [0, 0.1) is 5.92 Å². The van der Waals surface area contributed by atoms with Crippen LogP contribution in [0.4, 0.5) is 11.5 Å². The van der Waals surface area contributed by atoms with Crippen LogP contribution in [0.25, 0.3) is 0 Å². The highest BCUT2D eigenvalue weighted by molar-refractivity contribution is 5.50. The second-order valence-corrected chi connectivity index (χ2v) is 4.34. The Morgan fingerprint density at radius 3 is 3.20 bits per heavy atom. The summed E-state index contributed by atoms with van der Waals surface area (Å²) in [6.07, 6.45) is 5.70. The van der Waals surface area contributed by atoms with E-state index >= 15 is 0 Å². The minimum atomic E-state index is 0.805. The van der Waals surface area contributed by atoms with Crippen LogP contribution in [0.5, 0.6) is 0 Å². The lowest BCUT2D eigenvalue weighted by atomic mass is 10.0. The topological polar surface area (TPSA) is 42.1 Å². The molecule has 0 saturated carbocycles. The van der Waals surface area contributed by atoms with Gasteiger partial charge in [0.1, 0.15) is 5.82 Å². The van der Waals surface area contributed by atoms with Gasteiger partial charge < -0.3 is 10.6 Å². The molecule has 0 spiro atoms. The average molecular weight is 205 g/mol. The van der Waals surface area contributed by atoms with Crippen molar-refractivity contribution in [3.63, 3.8) is 0 Å². The normalized spacial score (nSPS) is 20.9. The average Bonchev–Trinajstić information content (AvgIpc) is 2.67. The van der Waals surface area contributed by atoms with Crippen molar-refractivity contribution in [1.82, 2.24) is 4.98 Å². The minimum absolute atomic E-state index is 0.805. The lowest BCUT2D eigenvalue weighted by Crippen LogP contribution is -2.20. The monoisotopic (exact) mass is 205 g/mol. The second-order valence-electron chi connectivity index (χ2n) is 4.34. The molecule has 0 radical (unpaired) electrons. The summed E-state index contributed by atoms with van der Waals surface area (Å²) in [6, 6.07) is 3.80. The Kier molecular flexibility index (Phi) is 3.09. The number of hydrogen-bond acceptors (Lipinski definition) is 3. The van der Waals surface area contributed by atoms with E-state index < -0.39 is 0 Å². The molecule has 0 aliphatic carbocycles. The largest absolute Gasteiger partial charge is 0.399 e. The predicted octanol–water partition coefficient (Wildman–Crippen LogP) is 2.29. The third-order valence-electron chi connectivity index (χ3n) is 3.08. The Labute approximate surface area is 91.3 Å². The molecule has 1 aromatic rings. The maximum absolute atomic E-state index is 5.75. The first-order valence-electron chi connectivity index (χ1n) is 5.76. The molecule has 2 N–H and O–H groups in total. The molecule has 2 heterocycles. The highest BCUT2D eigenvalue weighted by atomic mass is 15.2. The first-order valence-corrected chi connectivity index (χ1v) is 5.76. The SMILES string of the molecule is CCCC1CCN(c2cc(N)ccn2)C1. The Balaban J connectivity index is 2.01. The fraction of sp³-hybridized carbons (Fsp3) is 0.583. The van der Waals surface area contributed by atoms with Gasteiger partial charge >= 0.3 is 0 Å². The molecule has 15 heavy (non-hydrogen) atoms. The van der Waals surface area contributed by atoms with Gasteiger partial charge in [0.05, 0.1) is 0 Å². The highest BCUT2D eigenvalue weighted by Crippen LogP contribution is 2.25. The van der Waals surface area contributed by atoms with E-state index in [-0.39, 0.29) is 0 Å². The summed E-state index contributed by atoms with van der Waals surface area (Å²) < 4.78 is 0. The number of pyridine rings is 1. The van der Waals surface area contributed by atoms with Crippen LogP contribution in [0.2, 0.25) is 0 Å². The number of hydrogen-bond donors (Lipinski definition) is 1. The highest BCUT2D eigenvalue weighted by Gasteiger charge is 2.22. The molecule has 1 fully saturated rings. The summed E-state index contributed by atoms with van der Waals surface area (Å²) >= 11 is 0. The zero-order valence-corrected chi connectivity index (χ0v) is 9.32. The molecule has 1 atom stereocenters. The lowest BCUT2D eigenvalue weighted by Gasteiger charge is -2.17. The number of anilines is 2. The van der Waals surface area contributed by atoms with Crippen molar-refractivity contribution in [3.8, 4) is 0 Å². The van der Waals surface area contributed by atoms with Gasteiger partial charge in [-0.2, -0.15) is 0 Å². The van der Waals surface area contributed by atoms with Gasteiger partial charge in [0.2, 0.25) is 0 Å². The van der Waals surface area contributed by atoms with Gasteiger partial charge in [-0.15, -0.1) is 0 Å². The molecule has 2 rings (SSSR count). The molecule has 1 aromatic heterocycles. The molecule has 1 unspecified atom stereocenters. The summed E-state index contributed by atoms with van der Waals surface area (Å²) in [5, 5.41) is 0. The van der Waals surface area contributed by atoms with E-state index in [9.17, 15) is 0 Å². The summed E-state index contributed by atoms with van der Waals surface area (Å²) in [5.74, 6) is 1.88. The van der Waals surface area contributed by atoms with Gasteiger partial charge in [0.25, 0.3) is 0 Å². The van der Waals surface area contributed by atoms with Crippen molar-refractivity contribution in [2.45, 2.75) is 26.2 Å². The Morgan fingerprint density at radius 1 is 1.60 bits per heavy atom. The van der Waals surface area contributed by atoms with Crippen molar-refractivity contribution in [2.24, 2.45) is 5.92 Å². The molecule has 0 bridgehead atoms. The predicted molar refractivity (Wildman–Crippen MR) is 63.9 cm³/mol. The third kappa shape index (κ3) is 2.41. The van der Waals surface area contributed by atoms with E-state index in [1.54, 1.807) is 6.20 Å². The molecular formula is C12H19N3. The Morgan fingerprint density at radius 2 is 2.47 bits per heavy atom. The first-order chi connectivity index (χ1) is 7.29. The number of nitrogens with zero attached hydrogens (tertiary/aromatic N) is 2. The fourth-order valence-corrected chi connectivity index (χ4v) is 2.29. The quantitative estimate of drug-likeness (QED) is 0.823. The number of rotatable bonds is 3. The van der Waals surface area contributed by atoms with Crippen molar-refractivity contribution < 1.29 is 0 Å². The van der Waals surface area contributed by atoms with E-state index in [0.717, 1.165) is 30.5 Å². The van der Waals surface area contributed by atoms with Gasteiger partial charge in [-0.3, -0.25) is 0 Å². The maximum Gasteiger partial charge on any atom is 0.130 e. The van der Waals surface area contributed by atoms with E-state index in [4.69, 9.17) is 5.73 Å². The van der Waals surface area contributed by atoms with Gasteiger partial charge in [-0.1, -0.05) is 13.3 Å². The van der Waals surface area contributed by atoms with Crippen LogP contribution < -0.4 is 10.6 Å². The third-order valence-corrected chi connectivity index (χ3v) is 3.08. The number of nitrogens with two attached hydrogens (primary N) is 1. The zero-order valence-electron chi connectivity index (χ0n) is 9.32. The summed E-state index contributed by atoms with van der Waals surface area (Å²) in [5.41, 5.74) is 6.56. The van der Waals surface area contributed by atoms with Crippen molar-refractivity contribution >= 4 is 11.5 Å². The smallest absolute Gasteiger partial charge is 0.130 e. The van der Waals surface area contributed by atoms with Crippen LogP contribution in [-0.2, 0) is 0 Å². The van der Waals surface area contributed by atoms with Crippen LogP contribution in [0.15, 0.2) is 18.3 Å². The molecule has 1 aliphatic rings.